The Bertz CT molecular complexity index is 779. The molecule has 5 heteroatoms. The van der Waals surface area contributed by atoms with Gasteiger partial charge in [0.05, 0.1) is 12.0 Å². The molecule has 0 bridgehead atoms. The van der Waals surface area contributed by atoms with Crippen LogP contribution in [0.3, 0.4) is 0 Å². The lowest BCUT2D eigenvalue weighted by Crippen LogP contribution is -2.48. The van der Waals surface area contributed by atoms with Crippen molar-refractivity contribution in [1.29, 1.82) is 0 Å². The zero-order chi connectivity index (χ0) is 18.5. The Morgan fingerprint density at radius 2 is 1.85 bits per heavy atom. The number of likely N-dealkylation sites (tertiary alicyclic amines) is 1. The van der Waals surface area contributed by atoms with Crippen LogP contribution in [0.25, 0.3) is 0 Å². The van der Waals surface area contributed by atoms with Crippen molar-refractivity contribution in [3.05, 3.63) is 71.5 Å². The van der Waals surface area contributed by atoms with E-state index in [0.717, 1.165) is 5.56 Å². The van der Waals surface area contributed by atoms with Gasteiger partial charge in [-0.2, -0.15) is 0 Å². The summed E-state index contributed by atoms with van der Waals surface area (Å²) < 4.78 is 14.4. The third-order valence-electron chi connectivity index (χ3n) is 4.92. The Morgan fingerprint density at radius 3 is 2.54 bits per heavy atom. The van der Waals surface area contributed by atoms with E-state index in [-0.39, 0.29) is 17.6 Å². The number of nitrogens with zero attached hydrogens (tertiary/aromatic N) is 1. The monoisotopic (exact) mass is 354 g/mol. The average Bonchev–Trinajstić information content (AvgIpc) is 2.67. The molecule has 26 heavy (non-hydrogen) atoms. The Kier molecular flexibility index (Phi) is 5.66. The van der Waals surface area contributed by atoms with Gasteiger partial charge in [-0.25, -0.2) is 4.39 Å². The van der Waals surface area contributed by atoms with Crippen LogP contribution in [0.4, 0.5) is 4.39 Å². The number of hydrogen-bond acceptors (Lipinski definition) is 2. The van der Waals surface area contributed by atoms with E-state index in [1.54, 1.807) is 23.1 Å². The van der Waals surface area contributed by atoms with E-state index in [9.17, 15) is 14.0 Å². The van der Waals surface area contributed by atoms with Crippen LogP contribution < -0.4 is 5.32 Å². The number of carbonyl (C=O) groups excluding carboxylic acids is 2. The molecule has 0 unspecified atom stereocenters. The molecule has 0 radical (unpaired) electrons. The Morgan fingerprint density at radius 1 is 1.15 bits per heavy atom. The standard InChI is InChI=1S/C21H23FN2O2/c1-2-24-19(25)13-12-17(20(24)16-10-6-7-11-18(16)22)21(26)23-14-15-8-4-3-5-9-15/h3-11,17,20H,2,12-14H2,1H3,(H,23,26)/t17-,20+/m1/s1. The molecule has 1 aliphatic rings. The number of carbonyl (C=O) groups is 2. The highest BCUT2D eigenvalue weighted by Gasteiger charge is 2.40. The second-order valence-corrected chi connectivity index (χ2v) is 6.49. The van der Waals surface area contributed by atoms with Crippen molar-refractivity contribution >= 4 is 11.8 Å². The van der Waals surface area contributed by atoms with Crippen LogP contribution in [0.2, 0.25) is 0 Å². The van der Waals surface area contributed by atoms with Crippen molar-refractivity contribution in [3.8, 4) is 0 Å². The number of amides is 2. The lowest BCUT2D eigenvalue weighted by atomic mass is 9.83. The molecule has 3 rings (SSSR count). The average molecular weight is 354 g/mol. The van der Waals surface area contributed by atoms with Crippen molar-refractivity contribution in [3.63, 3.8) is 0 Å². The van der Waals surface area contributed by atoms with Gasteiger partial charge in [0.2, 0.25) is 11.8 Å². The minimum Gasteiger partial charge on any atom is -0.352 e. The second kappa shape index (κ2) is 8.13. The molecule has 4 nitrogen and oxygen atoms in total. The van der Waals surface area contributed by atoms with Crippen molar-refractivity contribution in [2.45, 2.75) is 32.4 Å². The van der Waals surface area contributed by atoms with Crippen LogP contribution >= 0.6 is 0 Å². The first kappa shape index (κ1) is 18.1. The summed E-state index contributed by atoms with van der Waals surface area (Å²) in [5.74, 6) is -1.03. The molecule has 1 N–H and O–H groups in total. The molecular formula is C21H23FN2O2. The topological polar surface area (TPSA) is 49.4 Å². The maximum absolute atomic E-state index is 14.4. The first-order valence-electron chi connectivity index (χ1n) is 8.97. The third-order valence-corrected chi connectivity index (χ3v) is 4.92. The van der Waals surface area contributed by atoms with Crippen molar-refractivity contribution in [2.75, 3.05) is 6.54 Å². The molecule has 2 aromatic rings. The summed E-state index contributed by atoms with van der Waals surface area (Å²) in [6.07, 6.45) is 0.733. The number of nitrogens with one attached hydrogen (secondary N) is 1. The van der Waals surface area contributed by atoms with Gasteiger partial charge in [-0.05, 0) is 25.0 Å². The number of halogens is 1. The fourth-order valence-corrected chi connectivity index (χ4v) is 3.62. The predicted octanol–water partition coefficient (Wildman–Crippen LogP) is 3.44. The highest BCUT2D eigenvalue weighted by atomic mass is 19.1. The summed E-state index contributed by atoms with van der Waals surface area (Å²) in [5, 5.41) is 2.95. The molecule has 1 aliphatic heterocycles. The van der Waals surface area contributed by atoms with Crippen LogP contribution in [-0.2, 0) is 16.1 Å². The normalized spacial score (nSPS) is 20.1. The first-order chi connectivity index (χ1) is 12.6. The SMILES string of the molecule is CCN1C(=O)CC[C@@H](C(=O)NCc2ccccc2)[C@@H]1c1ccccc1F. The van der Waals surface area contributed by atoms with Crippen molar-refractivity contribution in [1.82, 2.24) is 10.2 Å². The molecule has 0 aliphatic carbocycles. The van der Waals surface area contributed by atoms with E-state index in [4.69, 9.17) is 0 Å². The molecule has 1 heterocycles. The molecule has 0 aromatic heterocycles. The van der Waals surface area contributed by atoms with E-state index in [1.165, 1.54) is 6.07 Å². The second-order valence-electron chi connectivity index (χ2n) is 6.49. The minimum atomic E-state index is -0.571. The zero-order valence-corrected chi connectivity index (χ0v) is 14.8. The fraction of sp³-hybridized carbons (Fsp3) is 0.333. The highest BCUT2D eigenvalue weighted by Crippen LogP contribution is 2.37. The first-order valence-corrected chi connectivity index (χ1v) is 8.97. The number of rotatable bonds is 5. The lowest BCUT2D eigenvalue weighted by Gasteiger charge is -2.40. The lowest BCUT2D eigenvalue weighted by molar-refractivity contribution is -0.143. The van der Waals surface area contributed by atoms with E-state index in [2.05, 4.69) is 5.32 Å². The summed E-state index contributed by atoms with van der Waals surface area (Å²) in [6.45, 7) is 2.72. The maximum Gasteiger partial charge on any atom is 0.225 e. The van der Waals surface area contributed by atoms with Crippen molar-refractivity contribution < 1.29 is 14.0 Å². The van der Waals surface area contributed by atoms with Gasteiger partial charge in [0.1, 0.15) is 5.82 Å². The van der Waals surface area contributed by atoms with Gasteiger partial charge in [0, 0.05) is 25.1 Å². The summed E-state index contributed by atoms with van der Waals surface area (Å²) in [7, 11) is 0. The number of hydrogen-bond donors (Lipinski definition) is 1. The van der Waals surface area contributed by atoms with Gasteiger partial charge in [0.15, 0.2) is 0 Å². The van der Waals surface area contributed by atoms with Crippen LogP contribution in [-0.4, -0.2) is 23.3 Å². The van der Waals surface area contributed by atoms with E-state index in [0.29, 0.717) is 31.5 Å². The van der Waals surface area contributed by atoms with E-state index in [1.807, 2.05) is 37.3 Å². The number of piperidine rings is 1. The van der Waals surface area contributed by atoms with Crippen LogP contribution in [0.15, 0.2) is 54.6 Å². The number of benzene rings is 2. The predicted molar refractivity (Wildman–Crippen MR) is 97.5 cm³/mol. The van der Waals surface area contributed by atoms with Gasteiger partial charge >= 0.3 is 0 Å². The highest BCUT2D eigenvalue weighted by molar-refractivity contribution is 5.85. The van der Waals surface area contributed by atoms with Crippen LogP contribution in [0.1, 0.15) is 36.9 Å². The molecule has 2 aromatic carbocycles. The minimum absolute atomic E-state index is 0.0344. The third kappa shape index (κ3) is 3.77. The quantitative estimate of drug-likeness (QED) is 0.894. The molecule has 0 spiro atoms. The Hall–Kier alpha value is -2.69. The summed E-state index contributed by atoms with van der Waals surface area (Å²) in [6, 6.07) is 15.5. The molecule has 1 fully saturated rings. The largest absolute Gasteiger partial charge is 0.352 e. The molecule has 2 amide bonds. The van der Waals surface area contributed by atoms with Crippen molar-refractivity contribution in [2.24, 2.45) is 5.92 Å². The van der Waals surface area contributed by atoms with Crippen LogP contribution in [0, 0.1) is 11.7 Å². The molecule has 136 valence electrons. The van der Waals surface area contributed by atoms with Gasteiger partial charge in [-0.1, -0.05) is 48.5 Å². The summed E-state index contributed by atoms with van der Waals surface area (Å²) in [4.78, 5) is 26.8. The van der Waals surface area contributed by atoms with Gasteiger partial charge in [-0.15, -0.1) is 0 Å². The van der Waals surface area contributed by atoms with E-state index >= 15 is 0 Å². The maximum atomic E-state index is 14.4. The Labute approximate surface area is 153 Å². The molecule has 2 atom stereocenters. The van der Waals surface area contributed by atoms with Gasteiger partial charge in [0.25, 0.3) is 0 Å². The van der Waals surface area contributed by atoms with E-state index < -0.39 is 12.0 Å². The molecule has 1 saturated heterocycles. The molecular weight excluding hydrogens is 331 g/mol. The summed E-state index contributed by atoms with van der Waals surface area (Å²) >= 11 is 0. The van der Waals surface area contributed by atoms with Gasteiger partial charge in [-0.3, -0.25) is 9.59 Å². The smallest absolute Gasteiger partial charge is 0.225 e. The fourth-order valence-electron chi connectivity index (χ4n) is 3.62. The summed E-state index contributed by atoms with van der Waals surface area (Å²) in [5.41, 5.74) is 1.41. The van der Waals surface area contributed by atoms with Gasteiger partial charge < -0.3 is 10.2 Å². The van der Waals surface area contributed by atoms with Crippen LogP contribution in [0.5, 0.6) is 0 Å². The Balaban J connectivity index is 1.84. The zero-order valence-electron chi connectivity index (χ0n) is 14.8. The molecule has 0 saturated carbocycles.